The first-order valence-electron chi connectivity index (χ1n) is 8.18. The quantitative estimate of drug-likeness (QED) is 0.664. The van der Waals surface area contributed by atoms with Crippen molar-refractivity contribution in [2.75, 3.05) is 19.0 Å². The van der Waals surface area contributed by atoms with Crippen LogP contribution in [0.5, 0.6) is 5.75 Å². The van der Waals surface area contributed by atoms with E-state index in [2.05, 4.69) is 5.32 Å². The van der Waals surface area contributed by atoms with Gasteiger partial charge in [-0.3, -0.25) is 19.3 Å². The number of anilines is 1. The third kappa shape index (κ3) is 3.35. The van der Waals surface area contributed by atoms with Crippen molar-refractivity contribution in [3.05, 3.63) is 65.2 Å². The number of hydrogen-bond donors (Lipinski definition) is 1. The number of nitrogens with zero attached hydrogens (tertiary/aromatic N) is 1. The van der Waals surface area contributed by atoms with Crippen LogP contribution in [0.25, 0.3) is 6.08 Å². The van der Waals surface area contributed by atoms with Gasteiger partial charge in [0.1, 0.15) is 5.75 Å². The molecule has 6 heteroatoms. The topological polar surface area (TPSA) is 75.7 Å². The van der Waals surface area contributed by atoms with E-state index in [9.17, 15) is 14.4 Å². The Morgan fingerprint density at radius 3 is 2.62 bits per heavy atom. The Labute approximate surface area is 151 Å². The van der Waals surface area contributed by atoms with Crippen LogP contribution < -0.4 is 10.1 Å². The molecule has 1 aliphatic heterocycles. The van der Waals surface area contributed by atoms with E-state index in [-0.39, 0.29) is 17.7 Å². The predicted molar refractivity (Wildman–Crippen MR) is 98.1 cm³/mol. The molecule has 3 rings (SSSR count). The highest BCUT2D eigenvalue weighted by atomic mass is 16.5. The van der Waals surface area contributed by atoms with Crippen LogP contribution in [0.2, 0.25) is 0 Å². The number of para-hydroxylation sites is 1. The molecule has 2 aromatic carbocycles. The predicted octanol–water partition coefficient (Wildman–Crippen LogP) is 2.96. The van der Waals surface area contributed by atoms with Gasteiger partial charge in [-0.25, -0.2) is 0 Å². The minimum Gasteiger partial charge on any atom is -0.493 e. The summed E-state index contributed by atoms with van der Waals surface area (Å²) in [6.45, 7) is 2.43. The molecule has 26 heavy (non-hydrogen) atoms. The Balaban J connectivity index is 1.74. The van der Waals surface area contributed by atoms with Crippen LogP contribution in [0.15, 0.2) is 48.5 Å². The van der Waals surface area contributed by atoms with E-state index in [0.29, 0.717) is 29.2 Å². The van der Waals surface area contributed by atoms with Gasteiger partial charge in [0.2, 0.25) is 5.91 Å². The summed E-state index contributed by atoms with van der Waals surface area (Å²) >= 11 is 0. The third-order valence-corrected chi connectivity index (χ3v) is 3.99. The molecule has 0 radical (unpaired) electrons. The number of rotatable bonds is 5. The Kier molecular flexibility index (Phi) is 4.84. The number of amides is 3. The van der Waals surface area contributed by atoms with Crippen LogP contribution >= 0.6 is 0 Å². The maximum absolute atomic E-state index is 12.2. The highest BCUT2D eigenvalue weighted by molar-refractivity contribution is 6.21. The monoisotopic (exact) mass is 350 g/mol. The molecule has 0 aromatic heterocycles. The number of nitrogens with one attached hydrogen (secondary N) is 1. The summed E-state index contributed by atoms with van der Waals surface area (Å²) in [5.74, 6) is -0.359. The van der Waals surface area contributed by atoms with Crippen LogP contribution in [0, 0.1) is 0 Å². The van der Waals surface area contributed by atoms with Gasteiger partial charge >= 0.3 is 0 Å². The summed E-state index contributed by atoms with van der Waals surface area (Å²) in [5, 5.41) is 2.69. The summed E-state index contributed by atoms with van der Waals surface area (Å²) in [6.07, 6.45) is 3.06. The second-order valence-corrected chi connectivity index (χ2v) is 5.72. The highest BCUT2D eigenvalue weighted by Gasteiger charge is 2.32. The summed E-state index contributed by atoms with van der Waals surface area (Å²) in [4.78, 5) is 37.1. The summed E-state index contributed by atoms with van der Waals surface area (Å²) in [7, 11) is 1.43. The van der Waals surface area contributed by atoms with Crippen LogP contribution in [-0.2, 0) is 4.79 Å². The molecule has 0 aliphatic carbocycles. The van der Waals surface area contributed by atoms with Crippen molar-refractivity contribution in [1.29, 1.82) is 0 Å². The molecule has 0 fully saturated rings. The normalized spacial score (nSPS) is 13.2. The molecule has 0 saturated carbocycles. The van der Waals surface area contributed by atoms with Gasteiger partial charge in [0.25, 0.3) is 11.8 Å². The molecule has 0 bridgehead atoms. The first-order chi connectivity index (χ1) is 12.5. The highest BCUT2D eigenvalue weighted by Crippen LogP contribution is 2.25. The number of fused-ring (bicyclic) bond motifs is 1. The van der Waals surface area contributed by atoms with Gasteiger partial charge in [0, 0.05) is 24.4 Å². The molecule has 0 saturated heterocycles. The molecule has 2 aromatic rings. The van der Waals surface area contributed by atoms with Crippen molar-refractivity contribution in [3.63, 3.8) is 0 Å². The Hall–Kier alpha value is -3.41. The number of carbonyl (C=O) groups excluding carboxylic acids is 3. The molecule has 132 valence electrons. The minimum atomic E-state index is -0.373. The standard InChI is InChI=1S/C20H18N2O4/c1-3-26-17-7-5-4-6-13(17)8-11-18(23)21-14-9-10-15-16(12-14)20(25)22(2)19(15)24/h4-12H,3H2,1-2H3,(H,21,23)/b11-8+. The van der Waals surface area contributed by atoms with E-state index in [1.54, 1.807) is 18.2 Å². The SMILES string of the molecule is CCOc1ccccc1/C=C/C(=O)Nc1ccc2c(c1)C(=O)N(C)C2=O. The van der Waals surface area contributed by atoms with Crippen LogP contribution in [0.4, 0.5) is 5.69 Å². The maximum atomic E-state index is 12.2. The fraction of sp³-hybridized carbons (Fsp3) is 0.150. The largest absolute Gasteiger partial charge is 0.493 e. The third-order valence-electron chi connectivity index (χ3n) is 3.99. The summed E-state index contributed by atoms with van der Waals surface area (Å²) in [6, 6.07) is 12.1. The molecule has 6 nitrogen and oxygen atoms in total. The zero-order valence-electron chi connectivity index (χ0n) is 14.5. The lowest BCUT2D eigenvalue weighted by Crippen LogP contribution is -2.24. The smallest absolute Gasteiger partial charge is 0.261 e. The fourth-order valence-corrected chi connectivity index (χ4v) is 2.69. The maximum Gasteiger partial charge on any atom is 0.261 e. The zero-order valence-corrected chi connectivity index (χ0v) is 14.5. The number of hydrogen-bond acceptors (Lipinski definition) is 4. The van der Waals surface area contributed by atoms with E-state index in [1.165, 1.54) is 19.2 Å². The first-order valence-corrected chi connectivity index (χ1v) is 8.18. The first kappa shape index (κ1) is 17.4. The number of benzene rings is 2. The summed E-state index contributed by atoms with van der Waals surface area (Å²) in [5.41, 5.74) is 1.88. The van der Waals surface area contributed by atoms with Crippen molar-refractivity contribution in [2.45, 2.75) is 6.92 Å². The van der Waals surface area contributed by atoms with Gasteiger partial charge in [-0.05, 0) is 37.3 Å². The zero-order chi connectivity index (χ0) is 18.7. The Bertz CT molecular complexity index is 918. The van der Waals surface area contributed by atoms with Gasteiger partial charge in [-0.15, -0.1) is 0 Å². The number of carbonyl (C=O) groups is 3. The van der Waals surface area contributed by atoms with Gasteiger partial charge < -0.3 is 10.1 Å². The molecule has 0 atom stereocenters. The van der Waals surface area contributed by atoms with Crippen molar-refractivity contribution >= 4 is 29.5 Å². The molecule has 1 N–H and O–H groups in total. The van der Waals surface area contributed by atoms with Crippen molar-refractivity contribution < 1.29 is 19.1 Å². The van der Waals surface area contributed by atoms with Gasteiger partial charge in [-0.2, -0.15) is 0 Å². The average molecular weight is 350 g/mol. The van der Waals surface area contributed by atoms with Crippen molar-refractivity contribution in [3.8, 4) is 5.75 Å². The van der Waals surface area contributed by atoms with Gasteiger partial charge in [0.05, 0.1) is 17.7 Å². The molecule has 0 spiro atoms. The number of imide groups is 1. The van der Waals surface area contributed by atoms with Crippen LogP contribution in [0.1, 0.15) is 33.2 Å². The van der Waals surface area contributed by atoms with E-state index in [1.807, 2.05) is 31.2 Å². The Morgan fingerprint density at radius 1 is 1.12 bits per heavy atom. The molecular formula is C20H18N2O4. The van der Waals surface area contributed by atoms with Gasteiger partial charge in [0.15, 0.2) is 0 Å². The lowest BCUT2D eigenvalue weighted by atomic mass is 10.1. The minimum absolute atomic E-state index is 0.293. The second kappa shape index (κ2) is 7.23. The van der Waals surface area contributed by atoms with E-state index in [0.717, 1.165) is 10.5 Å². The summed E-state index contributed by atoms with van der Waals surface area (Å²) < 4.78 is 5.51. The Morgan fingerprint density at radius 2 is 1.85 bits per heavy atom. The number of ether oxygens (including phenoxy) is 1. The van der Waals surface area contributed by atoms with Gasteiger partial charge in [-0.1, -0.05) is 18.2 Å². The average Bonchev–Trinajstić information content (AvgIpc) is 2.85. The molecule has 1 heterocycles. The fourth-order valence-electron chi connectivity index (χ4n) is 2.69. The van der Waals surface area contributed by atoms with Crippen molar-refractivity contribution in [2.24, 2.45) is 0 Å². The van der Waals surface area contributed by atoms with Crippen LogP contribution in [0.3, 0.4) is 0 Å². The lowest BCUT2D eigenvalue weighted by molar-refractivity contribution is -0.111. The van der Waals surface area contributed by atoms with E-state index in [4.69, 9.17) is 4.74 Å². The van der Waals surface area contributed by atoms with Crippen molar-refractivity contribution in [1.82, 2.24) is 4.90 Å². The van der Waals surface area contributed by atoms with E-state index >= 15 is 0 Å². The van der Waals surface area contributed by atoms with E-state index < -0.39 is 0 Å². The molecule has 1 aliphatic rings. The second-order valence-electron chi connectivity index (χ2n) is 5.72. The van der Waals surface area contributed by atoms with Crippen LogP contribution in [-0.4, -0.2) is 36.3 Å². The molecule has 0 unspecified atom stereocenters. The molecular weight excluding hydrogens is 332 g/mol. The molecule has 3 amide bonds. The lowest BCUT2D eigenvalue weighted by Gasteiger charge is -2.06.